The highest BCUT2D eigenvalue weighted by Crippen LogP contribution is 2.36. The number of aromatic nitrogens is 4. The SMILES string of the molecule is C[C@@H]1CCCN1[C@@H]1CCc2cc(-c3cnc4n[nH]c(-c5ccc(S(=O)(=O)C6CC6)cc5)c4c3)cnc2CC1. The van der Waals surface area contributed by atoms with Gasteiger partial charge in [0, 0.05) is 52.2 Å². The van der Waals surface area contributed by atoms with Crippen molar-refractivity contribution in [3.8, 4) is 22.4 Å². The Balaban J connectivity index is 1.16. The second kappa shape index (κ2) is 9.27. The topological polar surface area (TPSA) is 91.8 Å². The largest absolute Gasteiger partial charge is 0.298 e. The van der Waals surface area contributed by atoms with Crippen LogP contribution in [0.3, 0.4) is 0 Å². The molecule has 0 spiro atoms. The third kappa shape index (κ3) is 4.24. The second-order valence-corrected chi connectivity index (χ2v) is 13.5. The molecule has 1 saturated carbocycles. The Morgan fingerprint density at radius 2 is 1.66 bits per heavy atom. The fourth-order valence-electron chi connectivity index (χ4n) is 6.40. The molecule has 38 heavy (non-hydrogen) atoms. The lowest BCUT2D eigenvalue weighted by atomic mass is 10.0. The number of rotatable bonds is 5. The summed E-state index contributed by atoms with van der Waals surface area (Å²) in [6, 6.07) is 12.9. The van der Waals surface area contributed by atoms with Crippen LogP contribution < -0.4 is 0 Å². The van der Waals surface area contributed by atoms with E-state index in [9.17, 15) is 8.42 Å². The molecular formula is C30H33N5O2S. The van der Waals surface area contributed by atoms with Gasteiger partial charge >= 0.3 is 0 Å². The molecule has 1 saturated heterocycles. The Morgan fingerprint density at radius 1 is 0.895 bits per heavy atom. The third-order valence-electron chi connectivity index (χ3n) is 8.77. The molecule has 7 nitrogen and oxygen atoms in total. The molecule has 3 aliphatic rings. The first kappa shape index (κ1) is 24.0. The maximum Gasteiger partial charge on any atom is 0.181 e. The summed E-state index contributed by atoms with van der Waals surface area (Å²) >= 11 is 0. The first-order chi connectivity index (χ1) is 18.5. The molecule has 1 aliphatic heterocycles. The van der Waals surface area contributed by atoms with E-state index < -0.39 is 9.84 Å². The van der Waals surface area contributed by atoms with Crippen LogP contribution in [0.15, 0.2) is 53.7 Å². The van der Waals surface area contributed by atoms with Crippen molar-refractivity contribution < 1.29 is 8.42 Å². The first-order valence-electron chi connectivity index (χ1n) is 13.9. The van der Waals surface area contributed by atoms with Crippen molar-refractivity contribution in [3.05, 3.63) is 60.0 Å². The molecular weight excluding hydrogens is 494 g/mol. The summed E-state index contributed by atoms with van der Waals surface area (Å²) < 4.78 is 25.2. The average molecular weight is 528 g/mol. The van der Waals surface area contributed by atoms with Crippen LogP contribution in [-0.2, 0) is 22.7 Å². The Morgan fingerprint density at radius 3 is 2.42 bits per heavy atom. The summed E-state index contributed by atoms with van der Waals surface area (Å²) in [5, 5.41) is 8.22. The fourth-order valence-corrected chi connectivity index (χ4v) is 8.05. The molecule has 7 rings (SSSR count). The number of nitrogens with one attached hydrogen (secondary N) is 1. The van der Waals surface area contributed by atoms with E-state index in [-0.39, 0.29) is 5.25 Å². The number of likely N-dealkylation sites (tertiary alicyclic amines) is 1. The molecule has 2 fully saturated rings. The molecule has 1 N–H and O–H groups in total. The summed E-state index contributed by atoms with van der Waals surface area (Å²) in [6.45, 7) is 3.61. The zero-order valence-corrected chi connectivity index (χ0v) is 22.5. The monoisotopic (exact) mass is 527 g/mol. The predicted octanol–water partition coefficient (Wildman–Crippen LogP) is 5.35. The number of nitrogens with zero attached hydrogens (tertiary/aromatic N) is 4. The smallest absolute Gasteiger partial charge is 0.181 e. The van der Waals surface area contributed by atoms with Crippen molar-refractivity contribution in [1.29, 1.82) is 0 Å². The minimum absolute atomic E-state index is 0.211. The normalized spacial score (nSPS) is 22.4. The van der Waals surface area contributed by atoms with Crippen LogP contribution in [0.2, 0.25) is 0 Å². The molecule has 0 bridgehead atoms. The van der Waals surface area contributed by atoms with E-state index in [4.69, 9.17) is 4.98 Å². The van der Waals surface area contributed by atoms with Crippen LogP contribution in [0.5, 0.6) is 0 Å². The van der Waals surface area contributed by atoms with Crippen LogP contribution in [0.25, 0.3) is 33.4 Å². The number of benzene rings is 1. The van der Waals surface area contributed by atoms with Gasteiger partial charge in [-0.3, -0.25) is 15.0 Å². The average Bonchev–Trinajstić information content (AvgIpc) is 3.65. The molecule has 196 valence electrons. The lowest BCUT2D eigenvalue weighted by Gasteiger charge is -2.30. The maximum atomic E-state index is 12.6. The van der Waals surface area contributed by atoms with Crippen molar-refractivity contribution in [1.82, 2.24) is 25.1 Å². The lowest BCUT2D eigenvalue weighted by Crippen LogP contribution is -2.37. The van der Waals surface area contributed by atoms with Gasteiger partial charge in [-0.2, -0.15) is 5.10 Å². The molecule has 2 atom stereocenters. The molecule has 4 heterocycles. The van der Waals surface area contributed by atoms with Gasteiger partial charge in [0.2, 0.25) is 0 Å². The number of sulfone groups is 1. The first-order valence-corrected chi connectivity index (χ1v) is 15.4. The lowest BCUT2D eigenvalue weighted by molar-refractivity contribution is 0.173. The number of fused-ring (bicyclic) bond motifs is 2. The predicted molar refractivity (Wildman–Crippen MR) is 149 cm³/mol. The zero-order chi connectivity index (χ0) is 25.9. The van der Waals surface area contributed by atoms with E-state index in [0.29, 0.717) is 22.6 Å². The van der Waals surface area contributed by atoms with Crippen molar-refractivity contribution in [2.75, 3.05) is 6.54 Å². The van der Waals surface area contributed by atoms with Crippen LogP contribution >= 0.6 is 0 Å². The van der Waals surface area contributed by atoms with Gasteiger partial charge in [-0.25, -0.2) is 13.4 Å². The summed E-state index contributed by atoms with van der Waals surface area (Å²) in [5.41, 5.74) is 7.06. The zero-order valence-electron chi connectivity index (χ0n) is 21.7. The van der Waals surface area contributed by atoms with E-state index in [1.807, 2.05) is 24.5 Å². The molecule has 0 unspecified atom stereocenters. The number of pyridine rings is 2. The minimum atomic E-state index is -3.21. The molecule has 0 radical (unpaired) electrons. The fraction of sp³-hybridized carbons (Fsp3) is 0.433. The van der Waals surface area contributed by atoms with Crippen LogP contribution in [-0.4, -0.2) is 57.4 Å². The molecule has 8 heteroatoms. The maximum absolute atomic E-state index is 12.6. The van der Waals surface area contributed by atoms with Crippen LogP contribution in [0.1, 0.15) is 56.7 Å². The van der Waals surface area contributed by atoms with Crippen molar-refractivity contribution >= 4 is 20.9 Å². The van der Waals surface area contributed by atoms with Crippen molar-refractivity contribution in [2.24, 2.45) is 0 Å². The van der Waals surface area contributed by atoms with Gasteiger partial charge in [-0.05, 0) is 94.7 Å². The molecule has 2 aliphatic carbocycles. The molecule has 4 aromatic rings. The van der Waals surface area contributed by atoms with Crippen LogP contribution in [0.4, 0.5) is 0 Å². The Hall–Kier alpha value is -3.10. The highest BCUT2D eigenvalue weighted by atomic mass is 32.2. The van der Waals surface area contributed by atoms with E-state index >= 15 is 0 Å². The summed E-state index contributed by atoms with van der Waals surface area (Å²) in [5.74, 6) is 0. The molecule has 0 amide bonds. The Labute approximate surface area is 223 Å². The van der Waals surface area contributed by atoms with Gasteiger partial charge in [0.05, 0.1) is 15.8 Å². The van der Waals surface area contributed by atoms with Gasteiger partial charge < -0.3 is 0 Å². The van der Waals surface area contributed by atoms with Crippen LogP contribution in [0, 0.1) is 0 Å². The van der Waals surface area contributed by atoms with Gasteiger partial charge in [-0.15, -0.1) is 0 Å². The highest BCUT2D eigenvalue weighted by Gasteiger charge is 2.36. The number of aryl methyl sites for hydroxylation is 2. The highest BCUT2D eigenvalue weighted by molar-refractivity contribution is 7.92. The summed E-state index contributed by atoms with van der Waals surface area (Å²) in [7, 11) is -3.21. The van der Waals surface area contributed by atoms with Gasteiger partial charge in [0.15, 0.2) is 15.5 Å². The molecule has 3 aromatic heterocycles. The van der Waals surface area contributed by atoms with Crippen molar-refractivity contribution in [2.45, 2.75) is 80.5 Å². The number of aromatic amines is 1. The van der Waals surface area contributed by atoms with Crippen molar-refractivity contribution in [3.63, 3.8) is 0 Å². The number of H-pyrrole nitrogens is 1. The Bertz CT molecular complexity index is 1610. The molecule has 1 aromatic carbocycles. The number of hydrogen-bond acceptors (Lipinski definition) is 6. The van der Waals surface area contributed by atoms with E-state index in [0.717, 1.165) is 53.5 Å². The van der Waals surface area contributed by atoms with E-state index in [1.165, 1.54) is 43.5 Å². The second-order valence-electron chi connectivity index (χ2n) is 11.3. The minimum Gasteiger partial charge on any atom is -0.298 e. The number of hydrogen-bond donors (Lipinski definition) is 1. The summed E-state index contributed by atoms with van der Waals surface area (Å²) in [6.07, 6.45) is 12.5. The standard InChI is InChI=1S/C30H33N5O2S/c1-19-3-2-14-35(19)24-7-4-21-15-22(17-31-28(21)13-8-24)23-16-27-29(33-34-30(27)32-18-23)20-5-9-25(10-6-20)38(36,37)26-11-12-26/h5-6,9-10,15-19,24,26H,2-4,7-8,11-14H2,1H3,(H,32,33,34)/t19-,24-/m1/s1. The summed E-state index contributed by atoms with van der Waals surface area (Å²) in [4.78, 5) is 12.6. The van der Waals surface area contributed by atoms with Gasteiger partial charge in [0.25, 0.3) is 0 Å². The quantitative estimate of drug-likeness (QED) is 0.352. The Kier molecular flexibility index (Phi) is 5.85. The van der Waals surface area contributed by atoms with E-state index in [2.05, 4.69) is 39.1 Å². The third-order valence-corrected chi connectivity index (χ3v) is 11.1. The van der Waals surface area contributed by atoms with Gasteiger partial charge in [0.1, 0.15) is 0 Å². The van der Waals surface area contributed by atoms with E-state index in [1.54, 1.807) is 12.1 Å². The van der Waals surface area contributed by atoms with Gasteiger partial charge in [-0.1, -0.05) is 12.1 Å².